The summed E-state index contributed by atoms with van der Waals surface area (Å²) in [6, 6.07) is 3.25. The Morgan fingerprint density at radius 2 is 2.29 bits per heavy atom. The molecule has 0 radical (unpaired) electrons. The zero-order valence-electron chi connectivity index (χ0n) is 9.42. The number of hydrogen-bond donors (Lipinski definition) is 1. The molecule has 4 nitrogen and oxygen atoms in total. The van der Waals surface area contributed by atoms with Crippen molar-refractivity contribution in [2.45, 2.75) is 17.6 Å². The number of thiocarbonyl (C=S) groups is 1. The van der Waals surface area contributed by atoms with Gasteiger partial charge in [-0.2, -0.15) is 4.31 Å². The molecule has 0 bridgehead atoms. The van der Waals surface area contributed by atoms with Crippen molar-refractivity contribution in [2.24, 2.45) is 11.7 Å². The van der Waals surface area contributed by atoms with Gasteiger partial charge >= 0.3 is 0 Å². The van der Waals surface area contributed by atoms with Crippen LogP contribution in [0.3, 0.4) is 0 Å². The molecule has 0 spiro atoms. The van der Waals surface area contributed by atoms with Gasteiger partial charge in [-0.1, -0.05) is 19.1 Å². The fourth-order valence-corrected chi connectivity index (χ4v) is 4.91. The summed E-state index contributed by atoms with van der Waals surface area (Å²) in [5.41, 5.74) is 5.48. The minimum atomic E-state index is -3.35. The number of thiophene rings is 1. The molecule has 0 amide bonds. The van der Waals surface area contributed by atoms with Gasteiger partial charge in [0, 0.05) is 13.1 Å². The van der Waals surface area contributed by atoms with Crippen molar-refractivity contribution in [2.75, 3.05) is 13.1 Å². The van der Waals surface area contributed by atoms with Crippen molar-refractivity contribution >= 4 is 38.6 Å². The maximum atomic E-state index is 12.3. The third-order valence-corrected chi connectivity index (χ3v) is 6.61. The molecule has 1 fully saturated rings. The maximum absolute atomic E-state index is 12.3. The zero-order valence-corrected chi connectivity index (χ0v) is 11.9. The van der Waals surface area contributed by atoms with E-state index < -0.39 is 10.0 Å². The van der Waals surface area contributed by atoms with Gasteiger partial charge in [-0.25, -0.2) is 8.42 Å². The highest BCUT2D eigenvalue weighted by Gasteiger charge is 2.31. The predicted octanol–water partition coefficient (Wildman–Crippen LogP) is 1.41. The summed E-state index contributed by atoms with van der Waals surface area (Å²) < 4.78 is 26.4. The summed E-state index contributed by atoms with van der Waals surface area (Å²) in [5, 5.41) is 0. The van der Waals surface area contributed by atoms with E-state index >= 15 is 0 Å². The summed E-state index contributed by atoms with van der Waals surface area (Å²) in [6.45, 7) is 3.26. The second-order valence-corrected chi connectivity index (χ2v) is 7.93. The predicted molar refractivity (Wildman–Crippen MR) is 72.7 cm³/mol. The van der Waals surface area contributed by atoms with Gasteiger partial charge in [-0.3, -0.25) is 0 Å². The van der Waals surface area contributed by atoms with Gasteiger partial charge in [0.25, 0.3) is 10.0 Å². The quantitative estimate of drug-likeness (QED) is 0.855. The molecule has 94 valence electrons. The number of nitrogens with two attached hydrogens (primary N) is 1. The highest BCUT2D eigenvalue weighted by molar-refractivity contribution is 7.91. The monoisotopic (exact) mass is 290 g/mol. The molecular weight excluding hydrogens is 276 g/mol. The maximum Gasteiger partial charge on any atom is 0.252 e. The van der Waals surface area contributed by atoms with Crippen LogP contribution in [0.1, 0.15) is 18.2 Å². The molecule has 2 N–H and O–H groups in total. The fraction of sp³-hybridized carbons (Fsp3) is 0.500. The Balaban J connectivity index is 2.28. The summed E-state index contributed by atoms with van der Waals surface area (Å²) in [5.74, 6) is 0.430. The lowest BCUT2D eigenvalue weighted by molar-refractivity contribution is 0.466. The molecule has 7 heteroatoms. The fourth-order valence-electron chi connectivity index (χ4n) is 1.83. The zero-order chi connectivity index (χ0) is 12.6. The van der Waals surface area contributed by atoms with E-state index in [-0.39, 0.29) is 4.99 Å². The second-order valence-electron chi connectivity index (χ2n) is 4.24. The van der Waals surface area contributed by atoms with Crippen molar-refractivity contribution in [1.29, 1.82) is 0 Å². The van der Waals surface area contributed by atoms with Gasteiger partial charge in [0.15, 0.2) is 0 Å². The van der Waals surface area contributed by atoms with Gasteiger partial charge in [0.1, 0.15) is 9.20 Å². The molecule has 2 heterocycles. The first-order chi connectivity index (χ1) is 7.91. The molecule has 2 rings (SSSR count). The van der Waals surface area contributed by atoms with Crippen LogP contribution in [0, 0.1) is 5.92 Å². The van der Waals surface area contributed by atoms with E-state index in [1.54, 1.807) is 12.1 Å². The number of nitrogens with zero attached hydrogens (tertiary/aromatic N) is 1. The number of sulfonamides is 1. The Morgan fingerprint density at radius 1 is 1.59 bits per heavy atom. The van der Waals surface area contributed by atoms with Crippen molar-refractivity contribution in [3.8, 4) is 0 Å². The molecule has 1 aromatic heterocycles. The lowest BCUT2D eigenvalue weighted by atomic mass is 10.2. The Hall–Kier alpha value is -0.500. The summed E-state index contributed by atoms with van der Waals surface area (Å²) in [6.07, 6.45) is 0.923. The molecule has 1 aromatic rings. The van der Waals surface area contributed by atoms with Gasteiger partial charge < -0.3 is 5.73 Å². The van der Waals surface area contributed by atoms with Crippen LogP contribution in [-0.2, 0) is 10.0 Å². The molecule has 1 unspecified atom stereocenters. The van der Waals surface area contributed by atoms with Crippen molar-refractivity contribution in [3.05, 3.63) is 17.0 Å². The van der Waals surface area contributed by atoms with E-state index in [0.717, 1.165) is 17.8 Å². The molecule has 0 saturated carbocycles. The third-order valence-electron chi connectivity index (χ3n) is 2.80. The minimum absolute atomic E-state index is 0.242. The van der Waals surface area contributed by atoms with Crippen LogP contribution in [0.25, 0.3) is 0 Å². The van der Waals surface area contributed by atoms with Gasteiger partial charge in [-0.05, 0) is 24.5 Å². The largest absolute Gasteiger partial charge is 0.389 e. The van der Waals surface area contributed by atoms with Crippen LogP contribution >= 0.6 is 23.6 Å². The normalized spacial score (nSPS) is 21.8. The first-order valence-electron chi connectivity index (χ1n) is 5.31. The van der Waals surface area contributed by atoms with Crippen molar-refractivity contribution < 1.29 is 8.42 Å². The van der Waals surface area contributed by atoms with Crippen molar-refractivity contribution in [1.82, 2.24) is 4.31 Å². The standard InChI is InChI=1S/C10H14N2O2S3/c1-7-4-5-12(6-7)17(13,14)9-3-2-8(16-9)10(11)15/h2-3,7H,4-6H2,1H3,(H2,11,15). The van der Waals surface area contributed by atoms with Crippen LogP contribution < -0.4 is 5.73 Å². The molecule has 1 atom stereocenters. The third kappa shape index (κ3) is 2.52. The lowest BCUT2D eigenvalue weighted by Crippen LogP contribution is -2.28. The van der Waals surface area contributed by atoms with Crippen LogP contribution in [0.2, 0.25) is 0 Å². The molecule has 0 aliphatic carbocycles. The summed E-state index contributed by atoms with van der Waals surface area (Å²) in [4.78, 5) is 0.886. The molecule has 1 saturated heterocycles. The topological polar surface area (TPSA) is 63.4 Å². The Bertz CT molecular complexity index is 536. The van der Waals surface area contributed by atoms with Gasteiger partial charge in [0.2, 0.25) is 0 Å². The smallest absolute Gasteiger partial charge is 0.252 e. The Morgan fingerprint density at radius 3 is 2.76 bits per heavy atom. The summed E-state index contributed by atoms with van der Waals surface area (Å²) >= 11 is 5.97. The van der Waals surface area contributed by atoms with E-state index in [4.69, 9.17) is 18.0 Å². The number of rotatable bonds is 3. The Kier molecular flexibility index (Phi) is 3.53. The van der Waals surface area contributed by atoms with Gasteiger partial charge in [0.05, 0.1) is 4.88 Å². The van der Waals surface area contributed by atoms with Crippen LogP contribution in [0.4, 0.5) is 0 Å². The van der Waals surface area contributed by atoms with E-state index in [0.29, 0.717) is 28.1 Å². The highest BCUT2D eigenvalue weighted by Crippen LogP contribution is 2.28. The van der Waals surface area contributed by atoms with Crippen LogP contribution in [-0.4, -0.2) is 30.8 Å². The molecule has 0 aromatic carbocycles. The molecule has 1 aliphatic rings. The van der Waals surface area contributed by atoms with Gasteiger partial charge in [-0.15, -0.1) is 11.3 Å². The SMILES string of the molecule is CC1CCN(S(=O)(=O)c2ccc(C(N)=S)s2)C1. The van der Waals surface area contributed by atoms with E-state index in [1.807, 2.05) is 0 Å². The minimum Gasteiger partial charge on any atom is -0.389 e. The lowest BCUT2D eigenvalue weighted by Gasteiger charge is -2.14. The van der Waals surface area contributed by atoms with E-state index in [9.17, 15) is 8.42 Å². The van der Waals surface area contributed by atoms with Crippen LogP contribution in [0.5, 0.6) is 0 Å². The first-order valence-corrected chi connectivity index (χ1v) is 7.97. The second kappa shape index (κ2) is 4.64. The van der Waals surface area contributed by atoms with E-state index in [1.165, 1.54) is 4.31 Å². The average Bonchev–Trinajstić information content (AvgIpc) is 2.85. The summed E-state index contributed by atoms with van der Waals surface area (Å²) in [7, 11) is -3.35. The van der Waals surface area contributed by atoms with Crippen LogP contribution in [0.15, 0.2) is 16.3 Å². The number of hydrogen-bond acceptors (Lipinski definition) is 4. The van der Waals surface area contributed by atoms with E-state index in [2.05, 4.69) is 6.92 Å². The average molecular weight is 290 g/mol. The van der Waals surface area contributed by atoms with Crippen molar-refractivity contribution in [3.63, 3.8) is 0 Å². The molecular formula is C10H14N2O2S3. The molecule has 17 heavy (non-hydrogen) atoms. The highest BCUT2D eigenvalue weighted by atomic mass is 32.2. The first kappa shape index (κ1) is 12.9. The Labute approximate surface area is 110 Å². The molecule has 1 aliphatic heterocycles.